The summed E-state index contributed by atoms with van der Waals surface area (Å²) < 4.78 is 2.79. The molecule has 0 spiro atoms. The van der Waals surface area contributed by atoms with Crippen molar-refractivity contribution in [2.75, 3.05) is 5.32 Å². The predicted molar refractivity (Wildman–Crippen MR) is 66.5 cm³/mol. The van der Waals surface area contributed by atoms with Gasteiger partial charge in [0.15, 0.2) is 5.65 Å². The van der Waals surface area contributed by atoms with E-state index >= 15 is 0 Å². The minimum absolute atomic E-state index is 0.552. The first-order chi connectivity index (χ1) is 7.70. The summed E-state index contributed by atoms with van der Waals surface area (Å²) in [4.78, 5) is 4.42. The molecule has 0 amide bonds. The van der Waals surface area contributed by atoms with Crippen LogP contribution in [0.3, 0.4) is 0 Å². The highest BCUT2D eigenvalue weighted by Gasteiger charge is 2.25. The van der Waals surface area contributed by atoms with Crippen molar-refractivity contribution in [2.45, 2.75) is 25.8 Å². The molecule has 2 aromatic rings. The van der Waals surface area contributed by atoms with Crippen LogP contribution in [-0.2, 0) is 0 Å². The van der Waals surface area contributed by atoms with E-state index in [0.29, 0.717) is 6.04 Å². The summed E-state index contributed by atoms with van der Waals surface area (Å²) in [6.07, 6.45) is 4.36. The van der Waals surface area contributed by atoms with Gasteiger partial charge >= 0.3 is 0 Å². The topological polar surface area (TPSA) is 42.2 Å². The van der Waals surface area contributed by atoms with Gasteiger partial charge in [0.1, 0.15) is 0 Å². The first kappa shape index (κ1) is 10.1. The van der Waals surface area contributed by atoms with Gasteiger partial charge in [-0.3, -0.25) is 0 Å². The zero-order valence-electron chi connectivity index (χ0n) is 9.02. The van der Waals surface area contributed by atoms with Crippen molar-refractivity contribution in [3.63, 3.8) is 0 Å². The third kappa shape index (κ3) is 1.80. The van der Waals surface area contributed by atoms with E-state index in [9.17, 15) is 0 Å². The van der Waals surface area contributed by atoms with Crippen molar-refractivity contribution in [3.05, 3.63) is 22.8 Å². The Morgan fingerprint density at radius 2 is 2.25 bits per heavy atom. The number of fused-ring (bicyclic) bond motifs is 1. The Bertz CT molecular complexity index is 516. The number of nitrogens with one attached hydrogen (secondary N) is 1. The van der Waals surface area contributed by atoms with E-state index in [4.69, 9.17) is 0 Å². The molecule has 0 unspecified atom stereocenters. The van der Waals surface area contributed by atoms with Gasteiger partial charge in [-0.25, -0.2) is 4.52 Å². The second-order valence-electron chi connectivity index (χ2n) is 4.50. The van der Waals surface area contributed by atoms with Gasteiger partial charge in [0.05, 0.1) is 0 Å². The van der Waals surface area contributed by atoms with E-state index in [1.54, 1.807) is 4.52 Å². The number of halogens is 1. The molecule has 1 N–H and O–H groups in total. The van der Waals surface area contributed by atoms with Crippen molar-refractivity contribution in [2.24, 2.45) is 5.92 Å². The van der Waals surface area contributed by atoms with E-state index < -0.39 is 0 Å². The lowest BCUT2D eigenvalue weighted by atomic mass is 9.82. The molecule has 0 bridgehead atoms. The molecule has 84 valence electrons. The summed E-state index contributed by atoms with van der Waals surface area (Å²) in [5.74, 6) is 1.57. The smallest absolute Gasteiger partial charge is 0.243 e. The average molecular weight is 281 g/mol. The van der Waals surface area contributed by atoms with Gasteiger partial charge in [0.25, 0.3) is 0 Å². The Morgan fingerprint density at radius 3 is 3.00 bits per heavy atom. The average Bonchev–Trinajstić information content (AvgIpc) is 2.57. The molecule has 0 aliphatic heterocycles. The summed E-state index contributed by atoms with van der Waals surface area (Å²) in [7, 11) is 0. The van der Waals surface area contributed by atoms with Gasteiger partial charge in [-0.05, 0) is 46.8 Å². The third-order valence-corrected chi connectivity index (χ3v) is 3.47. The van der Waals surface area contributed by atoms with Crippen molar-refractivity contribution in [1.29, 1.82) is 0 Å². The maximum atomic E-state index is 4.42. The number of hydrogen-bond acceptors (Lipinski definition) is 3. The molecule has 0 atom stereocenters. The highest BCUT2D eigenvalue weighted by Crippen LogP contribution is 2.28. The Balaban J connectivity index is 1.82. The maximum Gasteiger partial charge on any atom is 0.243 e. The normalized spacial score (nSPS) is 24.4. The van der Waals surface area contributed by atoms with Crippen LogP contribution >= 0.6 is 15.9 Å². The molecular weight excluding hydrogens is 268 g/mol. The lowest BCUT2D eigenvalue weighted by Crippen LogP contribution is -2.34. The SMILES string of the molecule is CC1CC(Nc2nc3ccc(Br)cn3n2)C1. The monoisotopic (exact) mass is 280 g/mol. The first-order valence-corrected chi connectivity index (χ1v) is 6.28. The molecule has 2 aromatic heterocycles. The van der Waals surface area contributed by atoms with E-state index in [1.165, 1.54) is 12.8 Å². The quantitative estimate of drug-likeness (QED) is 0.920. The van der Waals surface area contributed by atoms with Crippen LogP contribution in [0.15, 0.2) is 22.8 Å². The van der Waals surface area contributed by atoms with E-state index in [2.05, 4.69) is 38.3 Å². The summed E-state index contributed by atoms with van der Waals surface area (Å²) in [5.41, 5.74) is 0.873. The number of nitrogens with zero attached hydrogens (tertiary/aromatic N) is 3. The van der Waals surface area contributed by atoms with Crippen molar-refractivity contribution in [3.8, 4) is 0 Å². The van der Waals surface area contributed by atoms with Crippen LogP contribution in [-0.4, -0.2) is 20.6 Å². The van der Waals surface area contributed by atoms with Crippen LogP contribution in [0.5, 0.6) is 0 Å². The number of hydrogen-bond donors (Lipinski definition) is 1. The van der Waals surface area contributed by atoms with Gasteiger partial charge in [0.2, 0.25) is 5.95 Å². The Morgan fingerprint density at radius 1 is 1.44 bits per heavy atom. The van der Waals surface area contributed by atoms with Crippen LogP contribution in [0.2, 0.25) is 0 Å². The van der Waals surface area contributed by atoms with Crippen molar-refractivity contribution < 1.29 is 0 Å². The standard InChI is InChI=1S/C11H13BrN4/c1-7-4-9(5-7)13-11-14-10-3-2-8(12)6-16(10)15-11/h2-3,6-7,9H,4-5H2,1H3,(H,13,15). The molecule has 4 nitrogen and oxygen atoms in total. The maximum absolute atomic E-state index is 4.42. The molecule has 3 rings (SSSR count). The van der Waals surface area contributed by atoms with Gasteiger partial charge in [-0.1, -0.05) is 6.92 Å². The summed E-state index contributed by atoms with van der Waals surface area (Å²) in [5, 5.41) is 7.74. The molecule has 0 aromatic carbocycles. The third-order valence-electron chi connectivity index (χ3n) is 3.00. The zero-order valence-corrected chi connectivity index (χ0v) is 10.6. The first-order valence-electron chi connectivity index (χ1n) is 5.49. The molecule has 1 aliphatic rings. The molecule has 5 heteroatoms. The molecular formula is C11H13BrN4. The highest BCUT2D eigenvalue weighted by atomic mass is 79.9. The number of rotatable bonds is 2. The fraction of sp³-hybridized carbons (Fsp3) is 0.455. The summed E-state index contributed by atoms with van der Waals surface area (Å²) in [6.45, 7) is 2.27. The lowest BCUT2D eigenvalue weighted by Gasteiger charge is -2.32. The van der Waals surface area contributed by atoms with Gasteiger partial charge < -0.3 is 5.32 Å². The number of anilines is 1. The second-order valence-corrected chi connectivity index (χ2v) is 5.42. The summed E-state index contributed by atoms with van der Waals surface area (Å²) >= 11 is 3.42. The largest absolute Gasteiger partial charge is 0.350 e. The lowest BCUT2D eigenvalue weighted by molar-refractivity contribution is 0.308. The van der Waals surface area contributed by atoms with Crippen LogP contribution in [0.4, 0.5) is 5.95 Å². The van der Waals surface area contributed by atoms with E-state index in [1.807, 2.05) is 18.3 Å². The van der Waals surface area contributed by atoms with Crippen molar-refractivity contribution >= 4 is 27.5 Å². The van der Waals surface area contributed by atoms with Gasteiger partial charge in [0, 0.05) is 16.7 Å². The van der Waals surface area contributed by atoms with Crippen molar-refractivity contribution in [1.82, 2.24) is 14.6 Å². The zero-order chi connectivity index (χ0) is 11.1. The number of aromatic nitrogens is 3. The fourth-order valence-electron chi connectivity index (χ4n) is 2.12. The number of pyridine rings is 1. The molecule has 2 heterocycles. The second kappa shape index (κ2) is 3.73. The van der Waals surface area contributed by atoms with Gasteiger partial charge in [-0.15, -0.1) is 5.10 Å². The Labute approximate surface area is 102 Å². The van der Waals surface area contributed by atoms with Crippen LogP contribution in [0.25, 0.3) is 5.65 Å². The van der Waals surface area contributed by atoms with E-state index in [-0.39, 0.29) is 0 Å². The molecule has 0 saturated heterocycles. The molecule has 0 radical (unpaired) electrons. The minimum Gasteiger partial charge on any atom is -0.350 e. The Hall–Kier alpha value is -1.10. The highest BCUT2D eigenvalue weighted by molar-refractivity contribution is 9.10. The van der Waals surface area contributed by atoms with Gasteiger partial charge in [-0.2, -0.15) is 4.98 Å². The molecule has 1 fully saturated rings. The predicted octanol–water partition coefficient (Wildman–Crippen LogP) is 2.70. The van der Waals surface area contributed by atoms with Crippen LogP contribution < -0.4 is 5.32 Å². The minimum atomic E-state index is 0.552. The Kier molecular flexibility index (Phi) is 2.35. The fourth-order valence-corrected chi connectivity index (χ4v) is 2.45. The molecule has 16 heavy (non-hydrogen) atoms. The van der Waals surface area contributed by atoms with E-state index in [0.717, 1.165) is 22.0 Å². The summed E-state index contributed by atoms with van der Waals surface area (Å²) in [6, 6.07) is 4.47. The van der Waals surface area contributed by atoms with Crippen LogP contribution in [0.1, 0.15) is 19.8 Å². The molecule has 1 aliphatic carbocycles. The molecule has 1 saturated carbocycles. The van der Waals surface area contributed by atoms with Crippen LogP contribution in [0, 0.1) is 5.92 Å².